The molecule has 6 aliphatic rings. The summed E-state index contributed by atoms with van der Waals surface area (Å²) in [5.74, 6) is -3.84. The number of rotatable bonds is 17. The number of primary amides is 1. The van der Waals surface area contributed by atoms with Crippen LogP contribution in [0.2, 0.25) is 0 Å². The molecule has 4 saturated heterocycles. The fourth-order valence-corrected chi connectivity index (χ4v) is 14.2. The van der Waals surface area contributed by atoms with Crippen LogP contribution in [0.5, 0.6) is 11.5 Å². The molecule has 0 bridgehead atoms. The van der Waals surface area contributed by atoms with Crippen molar-refractivity contribution in [2.24, 2.45) is 24.6 Å². The highest BCUT2D eigenvalue weighted by molar-refractivity contribution is 6.09. The third-order valence-electron chi connectivity index (χ3n) is 18.9. The first-order valence-corrected chi connectivity index (χ1v) is 29.9. The number of urea groups is 1. The van der Waals surface area contributed by atoms with E-state index >= 15 is 17.6 Å². The first-order chi connectivity index (χ1) is 39.6. The summed E-state index contributed by atoms with van der Waals surface area (Å²) in [6.45, 7) is 11.1. The lowest BCUT2D eigenvalue weighted by Crippen LogP contribution is -2.49. The maximum absolute atomic E-state index is 17.1. The fraction of sp³-hybridized carbons (Fsp3) is 0.540. The second-order valence-electron chi connectivity index (χ2n) is 23.9. The van der Waals surface area contributed by atoms with E-state index in [9.17, 15) is 19.2 Å². The predicted octanol–water partition coefficient (Wildman–Crippen LogP) is 9.95. The number of imide groups is 1. The fourth-order valence-electron chi connectivity index (χ4n) is 14.2. The van der Waals surface area contributed by atoms with Crippen LogP contribution in [-0.2, 0) is 22.2 Å². The summed E-state index contributed by atoms with van der Waals surface area (Å²) < 4.78 is 79.9. The SMILES string of the molecule is Cc1c(F)cc2c(c1-c1c(C(N)=O)ccc(OCCCCN3CCCCC3)c1F)[C@H](C)[C@@](CNC1CCC(C(=O)N3CCC(CN4CCC(c5c(F)cc6c(N7CCC(=O)NC7=O)nn(C)c6c5F)CC4)CC3)CC1)(c1ccccc1)O2. The molecule has 1 saturated carbocycles. The van der Waals surface area contributed by atoms with Gasteiger partial charge in [0.05, 0.1) is 17.6 Å². The summed E-state index contributed by atoms with van der Waals surface area (Å²) in [5, 5.41) is 10.6. The zero-order valence-electron chi connectivity index (χ0n) is 47.5. The summed E-state index contributed by atoms with van der Waals surface area (Å²) in [4.78, 5) is 59.6. The van der Waals surface area contributed by atoms with Gasteiger partial charge < -0.3 is 35.2 Å². The van der Waals surface area contributed by atoms with Gasteiger partial charge in [0.2, 0.25) is 17.7 Å². The number of aryl methyl sites for hydroxylation is 1. The number of hydrogen-bond acceptors (Lipinski definition) is 10. The third-order valence-corrected chi connectivity index (χ3v) is 18.9. The van der Waals surface area contributed by atoms with Gasteiger partial charge in [0, 0.05) is 86.8 Å². The molecule has 5 aliphatic heterocycles. The van der Waals surface area contributed by atoms with Crippen molar-refractivity contribution in [1.29, 1.82) is 0 Å². The largest absolute Gasteiger partial charge is 0.490 e. The molecule has 11 rings (SSSR count). The number of aromatic nitrogens is 2. The summed E-state index contributed by atoms with van der Waals surface area (Å²) in [6, 6.07) is 14.7. The number of fused-ring (bicyclic) bond motifs is 2. The van der Waals surface area contributed by atoms with Gasteiger partial charge in [-0.15, -0.1) is 0 Å². The van der Waals surface area contributed by atoms with Crippen molar-refractivity contribution < 1.29 is 46.2 Å². The molecule has 438 valence electrons. The topological polar surface area (TPSA) is 168 Å². The number of likely N-dealkylation sites (tertiary alicyclic amines) is 3. The average molecular weight is 1130 g/mol. The van der Waals surface area contributed by atoms with Crippen LogP contribution in [0.15, 0.2) is 54.6 Å². The van der Waals surface area contributed by atoms with E-state index in [1.54, 1.807) is 14.0 Å². The summed E-state index contributed by atoms with van der Waals surface area (Å²) in [6.07, 6.45) is 11.3. The minimum Gasteiger partial charge on any atom is -0.490 e. The Morgan fingerprint density at radius 3 is 2.26 bits per heavy atom. The minimum absolute atomic E-state index is 0.0242. The number of hydrogen-bond donors (Lipinski definition) is 3. The molecular weight excluding hydrogens is 1050 g/mol. The van der Waals surface area contributed by atoms with E-state index in [-0.39, 0.29) is 99.4 Å². The average Bonchev–Trinajstić information content (AvgIpc) is 2.07. The molecule has 5 aromatic rings. The van der Waals surface area contributed by atoms with E-state index in [4.69, 9.17) is 15.2 Å². The molecule has 2 atom stereocenters. The van der Waals surface area contributed by atoms with E-state index in [0.29, 0.717) is 57.0 Å². The number of amides is 5. The van der Waals surface area contributed by atoms with Crippen LogP contribution in [0.4, 0.5) is 28.2 Å². The smallest absolute Gasteiger partial charge is 0.329 e. The van der Waals surface area contributed by atoms with Gasteiger partial charge in [-0.3, -0.25) is 29.3 Å². The molecule has 1 aliphatic carbocycles. The number of carbonyl (C=O) groups is 4. The van der Waals surface area contributed by atoms with Crippen LogP contribution in [0.3, 0.4) is 0 Å². The van der Waals surface area contributed by atoms with Gasteiger partial charge in [-0.25, -0.2) is 22.4 Å². The lowest BCUT2D eigenvalue weighted by atomic mass is 9.76. The normalized spacial score (nSPS) is 23.3. The third kappa shape index (κ3) is 11.3. The lowest BCUT2D eigenvalue weighted by molar-refractivity contribution is -0.138. The molecular formula is C63H77F4N9O6. The van der Waals surface area contributed by atoms with Gasteiger partial charge in [0.15, 0.2) is 28.8 Å². The number of carbonyl (C=O) groups excluding carboxylic acids is 4. The second kappa shape index (κ2) is 24.3. The lowest BCUT2D eigenvalue weighted by Gasteiger charge is -2.40. The number of nitrogens with two attached hydrogens (primary N) is 1. The molecule has 0 unspecified atom stereocenters. The number of anilines is 1. The molecule has 15 nitrogen and oxygen atoms in total. The highest BCUT2D eigenvalue weighted by Gasteiger charge is 2.50. The molecule has 1 aromatic heterocycles. The Kier molecular flexibility index (Phi) is 17.0. The van der Waals surface area contributed by atoms with E-state index in [1.165, 1.54) is 53.1 Å². The molecule has 19 heteroatoms. The quantitative estimate of drug-likeness (QED) is 0.0602. The Bertz CT molecular complexity index is 3200. The van der Waals surface area contributed by atoms with Crippen LogP contribution in [-0.4, -0.2) is 126 Å². The standard InChI is InChI=1S/C63H77F4N9O6/c1-38-47(64)35-50-53(52(38)55-45(59(68)78)18-19-49(56(55)66)81-33-11-10-27-73-25-8-5-9-26-73)39(2)63(82-50,43-12-6-4-7-13-43)37-69-44-16-14-42(15-17-44)61(79)75-30-20-40(21-31-75)36-74-28-22-41(23-29-74)54-48(65)34-46-58(57(54)67)72(3)71-60(46)76-32-24-51(77)70-62(76)80/h4,6-7,12-13,18-19,34-35,39-42,44,69H,5,8-11,14-17,20-33,36-37H2,1-3H3,(H2,68,78)(H,70,77,80)/t39-,42?,44?,63-/m0/s1. The van der Waals surface area contributed by atoms with Crippen molar-refractivity contribution in [1.82, 2.24) is 35.1 Å². The molecule has 82 heavy (non-hydrogen) atoms. The Balaban J connectivity index is 0.689. The van der Waals surface area contributed by atoms with Crippen LogP contribution in [0, 0.1) is 42.0 Å². The summed E-state index contributed by atoms with van der Waals surface area (Å²) in [5.41, 5.74) is 6.76. The second-order valence-corrected chi connectivity index (χ2v) is 23.9. The maximum Gasteiger partial charge on any atom is 0.329 e. The predicted molar refractivity (Wildman–Crippen MR) is 305 cm³/mol. The number of ether oxygens (including phenoxy) is 2. The highest BCUT2D eigenvalue weighted by Crippen LogP contribution is 2.56. The van der Waals surface area contributed by atoms with Crippen molar-refractivity contribution in [2.45, 2.75) is 127 Å². The number of benzene rings is 4. The van der Waals surface area contributed by atoms with E-state index in [2.05, 4.69) is 25.5 Å². The molecule has 5 fully saturated rings. The number of unbranched alkanes of at least 4 members (excludes halogenated alkanes) is 1. The van der Waals surface area contributed by atoms with Gasteiger partial charge in [-0.05, 0) is 163 Å². The number of nitrogens with zero attached hydrogens (tertiary/aromatic N) is 6. The van der Waals surface area contributed by atoms with E-state index in [0.717, 1.165) is 83.1 Å². The molecule has 0 radical (unpaired) electrons. The van der Waals surface area contributed by atoms with Crippen LogP contribution >= 0.6 is 0 Å². The van der Waals surface area contributed by atoms with Crippen molar-refractivity contribution in [3.05, 3.63) is 106 Å². The van der Waals surface area contributed by atoms with Crippen molar-refractivity contribution in [3.8, 4) is 22.6 Å². The van der Waals surface area contributed by atoms with Crippen molar-refractivity contribution in [3.63, 3.8) is 0 Å². The number of piperidine rings is 3. The van der Waals surface area contributed by atoms with Crippen LogP contribution < -0.4 is 30.7 Å². The zero-order chi connectivity index (χ0) is 57.4. The van der Waals surface area contributed by atoms with E-state index < -0.39 is 52.6 Å². The summed E-state index contributed by atoms with van der Waals surface area (Å²) in [7, 11) is 1.57. The van der Waals surface area contributed by atoms with Crippen molar-refractivity contribution in [2.75, 3.05) is 77.0 Å². The van der Waals surface area contributed by atoms with E-state index in [1.807, 2.05) is 42.2 Å². The molecule has 5 amide bonds. The van der Waals surface area contributed by atoms with Crippen LogP contribution in [0.1, 0.15) is 141 Å². The monoisotopic (exact) mass is 1130 g/mol. The Hall–Kier alpha value is -6.57. The van der Waals surface area contributed by atoms with Gasteiger partial charge in [-0.1, -0.05) is 43.7 Å². The first-order valence-electron chi connectivity index (χ1n) is 29.9. The van der Waals surface area contributed by atoms with Crippen molar-refractivity contribution >= 4 is 40.5 Å². The molecule has 0 spiro atoms. The number of nitrogens with one attached hydrogen (secondary N) is 2. The Morgan fingerprint density at radius 1 is 0.817 bits per heavy atom. The molecule has 4 aromatic carbocycles. The van der Waals surface area contributed by atoms with Gasteiger partial charge in [0.1, 0.15) is 22.9 Å². The first kappa shape index (κ1) is 57.3. The Labute approximate surface area is 477 Å². The minimum atomic E-state index is -1.05. The number of halogens is 4. The molecule has 4 N–H and O–H groups in total. The Morgan fingerprint density at radius 2 is 1.55 bits per heavy atom. The highest BCUT2D eigenvalue weighted by atomic mass is 19.1. The van der Waals surface area contributed by atoms with Gasteiger partial charge >= 0.3 is 6.03 Å². The zero-order valence-corrected chi connectivity index (χ0v) is 47.5. The van der Waals surface area contributed by atoms with Gasteiger partial charge in [-0.2, -0.15) is 5.10 Å². The molecule has 6 heterocycles. The van der Waals surface area contributed by atoms with Crippen LogP contribution in [0.25, 0.3) is 22.0 Å². The summed E-state index contributed by atoms with van der Waals surface area (Å²) >= 11 is 0. The maximum atomic E-state index is 17.1. The van der Waals surface area contributed by atoms with Gasteiger partial charge in [0.25, 0.3) is 0 Å².